The van der Waals surface area contributed by atoms with Gasteiger partial charge >= 0.3 is 0 Å². The second-order valence-electron chi connectivity index (χ2n) is 6.28. The van der Waals surface area contributed by atoms with Gasteiger partial charge in [0.1, 0.15) is 0 Å². The molecule has 2 aromatic carbocycles. The van der Waals surface area contributed by atoms with Gasteiger partial charge in [-0.2, -0.15) is 0 Å². The number of allylic oxidation sites excluding steroid dienone is 1. The average molecular weight is 390 g/mol. The molecule has 0 saturated heterocycles. The van der Waals surface area contributed by atoms with E-state index in [1.54, 1.807) is 32.2 Å². The molecule has 2 atom stereocenters. The number of aromatic hydroxyl groups is 2. The summed E-state index contributed by atoms with van der Waals surface area (Å²) in [7, 11) is 2.99. The molecule has 6 heteroatoms. The van der Waals surface area contributed by atoms with E-state index in [2.05, 4.69) is 13.0 Å². The molecule has 0 amide bonds. The molecule has 28 heavy (non-hydrogen) atoms. The lowest BCUT2D eigenvalue weighted by Gasteiger charge is -2.17. The normalized spacial score (nSPS) is 12.8. The van der Waals surface area contributed by atoms with Gasteiger partial charge in [-0.25, -0.2) is 0 Å². The maximum Gasteiger partial charge on any atom is 0.161 e. The van der Waals surface area contributed by atoms with Gasteiger partial charge in [0.25, 0.3) is 0 Å². The Morgan fingerprint density at radius 2 is 1.54 bits per heavy atom. The molecular weight excluding hydrogens is 360 g/mol. The lowest BCUT2D eigenvalue weighted by Crippen LogP contribution is -2.12. The highest BCUT2D eigenvalue weighted by Crippen LogP contribution is 2.31. The van der Waals surface area contributed by atoms with E-state index in [1.165, 1.54) is 13.2 Å². The summed E-state index contributed by atoms with van der Waals surface area (Å²) >= 11 is 0. The van der Waals surface area contributed by atoms with Crippen LogP contribution in [0.1, 0.15) is 37.5 Å². The Hall–Kier alpha value is -2.70. The van der Waals surface area contributed by atoms with Crippen LogP contribution in [0.4, 0.5) is 0 Å². The van der Waals surface area contributed by atoms with Crippen molar-refractivity contribution in [3.8, 4) is 23.0 Å². The average Bonchev–Trinajstić information content (AvgIpc) is 2.72. The number of hydrogen-bond acceptors (Lipinski definition) is 6. The van der Waals surface area contributed by atoms with Gasteiger partial charge in [-0.05, 0) is 41.8 Å². The molecule has 0 aliphatic rings. The first-order valence-electron chi connectivity index (χ1n) is 9.07. The summed E-state index contributed by atoms with van der Waals surface area (Å²) in [5.41, 5.74) is 1.66. The second-order valence-corrected chi connectivity index (χ2v) is 6.28. The highest BCUT2D eigenvalue weighted by Gasteiger charge is 2.17. The van der Waals surface area contributed by atoms with Gasteiger partial charge in [0, 0.05) is 12.5 Å². The third-order valence-electron chi connectivity index (χ3n) is 4.12. The highest BCUT2D eigenvalue weighted by molar-refractivity contribution is 5.55. The number of hydrogen-bond donors (Lipinski definition) is 4. The third kappa shape index (κ3) is 6.79. The number of methoxy groups -OCH3 is 2. The topological polar surface area (TPSA) is 99.4 Å². The van der Waals surface area contributed by atoms with E-state index in [1.807, 2.05) is 18.2 Å². The number of phenolic OH excluding ortho intramolecular Hbond substituents is 2. The summed E-state index contributed by atoms with van der Waals surface area (Å²) in [5, 5.41) is 37.4. The van der Waals surface area contributed by atoms with Crippen molar-refractivity contribution in [2.75, 3.05) is 20.8 Å². The molecule has 0 aliphatic heterocycles. The van der Waals surface area contributed by atoms with Crippen LogP contribution in [0.2, 0.25) is 0 Å². The van der Waals surface area contributed by atoms with Crippen LogP contribution in [-0.2, 0) is 0 Å². The fraction of sp³-hybridized carbons (Fsp3) is 0.364. The van der Waals surface area contributed by atoms with E-state index in [-0.39, 0.29) is 24.0 Å². The molecule has 154 valence electrons. The molecule has 1 unspecified atom stereocenters. The molecule has 0 aromatic heterocycles. The van der Waals surface area contributed by atoms with Crippen molar-refractivity contribution in [1.82, 2.24) is 0 Å². The van der Waals surface area contributed by atoms with E-state index in [0.717, 1.165) is 12.0 Å². The van der Waals surface area contributed by atoms with Crippen LogP contribution >= 0.6 is 0 Å². The fourth-order valence-corrected chi connectivity index (χ4v) is 2.36. The molecule has 0 saturated carbocycles. The maximum atomic E-state index is 9.80. The van der Waals surface area contributed by atoms with E-state index in [0.29, 0.717) is 17.1 Å². The molecule has 0 bridgehead atoms. The van der Waals surface area contributed by atoms with Crippen LogP contribution in [0.3, 0.4) is 0 Å². The highest BCUT2D eigenvalue weighted by atomic mass is 16.5. The predicted molar refractivity (Wildman–Crippen MR) is 110 cm³/mol. The van der Waals surface area contributed by atoms with Crippen molar-refractivity contribution < 1.29 is 29.9 Å². The zero-order valence-corrected chi connectivity index (χ0v) is 16.8. The van der Waals surface area contributed by atoms with Gasteiger partial charge in [0.05, 0.1) is 20.3 Å². The Bertz CT molecular complexity index is 757. The minimum absolute atomic E-state index is 0.0325. The van der Waals surface area contributed by atoms with Gasteiger partial charge < -0.3 is 29.9 Å². The van der Waals surface area contributed by atoms with Crippen LogP contribution in [-0.4, -0.2) is 41.3 Å². The second kappa shape index (κ2) is 11.9. The first-order chi connectivity index (χ1) is 13.4. The summed E-state index contributed by atoms with van der Waals surface area (Å²) in [5.74, 6) is 0.787. The Morgan fingerprint density at radius 1 is 0.964 bits per heavy atom. The Balaban J connectivity index is 0.000000283. The molecular formula is C22H30O6. The molecule has 2 rings (SSSR count). The number of aliphatic hydroxyl groups excluding tert-OH is 2. The predicted octanol–water partition coefficient (Wildman–Crippen LogP) is 3.89. The van der Waals surface area contributed by atoms with Crippen molar-refractivity contribution in [3.63, 3.8) is 0 Å². The van der Waals surface area contributed by atoms with Crippen molar-refractivity contribution in [2.45, 2.75) is 26.4 Å². The first-order valence-corrected chi connectivity index (χ1v) is 9.07. The summed E-state index contributed by atoms with van der Waals surface area (Å²) in [6.07, 6.45) is 4.31. The van der Waals surface area contributed by atoms with E-state index in [4.69, 9.17) is 14.6 Å². The Kier molecular flexibility index (Phi) is 9.92. The van der Waals surface area contributed by atoms with Crippen molar-refractivity contribution >= 4 is 6.08 Å². The maximum absolute atomic E-state index is 9.80. The van der Waals surface area contributed by atoms with E-state index < -0.39 is 6.10 Å². The first kappa shape index (κ1) is 23.3. The summed E-state index contributed by atoms with van der Waals surface area (Å²) in [6, 6.07) is 9.92. The summed E-state index contributed by atoms with van der Waals surface area (Å²) in [6.45, 7) is 3.72. The largest absolute Gasteiger partial charge is 0.504 e. The molecule has 4 N–H and O–H groups in total. The molecule has 2 aromatic rings. The number of rotatable bonds is 7. The molecule has 0 aliphatic carbocycles. The smallest absolute Gasteiger partial charge is 0.161 e. The standard InChI is InChI=1S/C11H16O4.C11H14O2/c1-7(6-12)11(14)8-3-4-9(13)10(5-8)15-2;1-3-4-5-9-6-7-10(12)11(8-9)13-2/h3-5,7,11-14H,6H2,1-2H3;4-8,12H,3H2,1-2H3/b;5-4-/t7-,11?;/m0./s1. The van der Waals surface area contributed by atoms with Crippen molar-refractivity contribution in [1.29, 1.82) is 0 Å². The lowest BCUT2D eigenvalue weighted by atomic mass is 9.98. The van der Waals surface area contributed by atoms with Gasteiger partial charge in [-0.3, -0.25) is 0 Å². The monoisotopic (exact) mass is 390 g/mol. The number of ether oxygens (including phenoxy) is 2. The molecule has 6 nitrogen and oxygen atoms in total. The van der Waals surface area contributed by atoms with Crippen LogP contribution < -0.4 is 9.47 Å². The minimum atomic E-state index is -0.760. The quantitative estimate of drug-likeness (QED) is 0.572. The fourth-order valence-electron chi connectivity index (χ4n) is 2.36. The van der Waals surface area contributed by atoms with Gasteiger partial charge in [0.2, 0.25) is 0 Å². The summed E-state index contributed by atoms with van der Waals surface area (Å²) in [4.78, 5) is 0. The van der Waals surface area contributed by atoms with Gasteiger partial charge in [-0.1, -0.05) is 38.1 Å². The lowest BCUT2D eigenvalue weighted by molar-refractivity contribution is 0.0768. The van der Waals surface area contributed by atoms with Gasteiger partial charge in [0.15, 0.2) is 23.0 Å². The Labute approximate surface area is 166 Å². The number of benzene rings is 2. The van der Waals surface area contributed by atoms with Crippen LogP contribution in [0.25, 0.3) is 6.08 Å². The number of aliphatic hydroxyl groups is 2. The summed E-state index contributed by atoms with van der Waals surface area (Å²) < 4.78 is 9.91. The Morgan fingerprint density at radius 3 is 2.07 bits per heavy atom. The molecule has 0 radical (unpaired) electrons. The zero-order valence-electron chi connectivity index (χ0n) is 16.8. The minimum Gasteiger partial charge on any atom is -0.504 e. The zero-order chi connectivity index (χ0) is 21.1. The van der Waals surface area contributed by atoms with E-state index in [9.17, 15) is 15.3 Å². The van der Waals surface area contributed by atoms with E-state index >= 15 is 0 Å². The SMILES string of the molecule is CC/C=C\c1ccc(O)c(OC)c1.COc1cc(C(O)[C@@H](C)CO)ccc1O. The molecule has 0 heterocycles. The van der Waals surface area contributed by atoms with Crippen LogP contribution in [0.5, 0.6) is 23.0 Å². The number of phenols is 2. The third-order valence-corrected chi connectivity index (χ3v) is 4.12. The van der Waals surface area contributed by atoms with Crippen LogP contribution in [0.15, 0.2) is 42.5 Å². The molecule has 0 fully saturated rings. The van der Waals surface area contributed by atoms with Crippen LogP contribution in [0, 0.1) is 5.92 Å². The van der Waals surface area contributed by atoms with Crippen molar-refractivity contribution in [2.24, 2.45) is 5.92 Å². The molecule has 0 spiro atoms. The van der Waals surface area contributed by atoms with Gasteiger partial charge in [-0.15, -0.1) is 0 Å². The van der Waals surface area contributed by atoms with Crippen molar-refractivity contribution in [3.05, 3.63) is 53.6 Å².